The van der Waals surface area contributed by atoms with E-state index in [9.17, 15) is 0 Å². The van der Waals surface area contributed by atoms with Gasteiger partial charge in [-0.1, -0.05) is 18.2 Å². The summed E-state index contributed by atoms with van der Waals surface area (Å²) in [5.74, 6) is 0.852. The number of piperazine rings is 1. The van der Waals surface area contributed by atoms with Gasteiger partial charge in [0, 0.05) is 68.0 Å². The number of pyridine rings is 1. The predicted octanol–water partition coefficient (Wildman–Crippen LogP) is 5.16. The van der Waals surface area contributed by atoms with E-state index in [4.69, 9.17) is 9.84 Å². The number of aromatic nitrogens is 1. The normalized spacial score (nSPS) is 14.3. The van der Waals surface area contributed by atoms with Crippen molar-refractivity contribution in [2.45, 2.75) is 6.42 Å². The molecule has 0 saturated carbocycles. The number of aliphatic hydroxyl groups is 1. The van der Waals surface area contributed by atoms with E-state index in [1.807, 2.05) is 24.4 Å². The Balaban J connectivity index is 1.31. The minimum atomic E-state index is 0.268. The van der Waals surface area contributed by atoms with Crippen LogP contribution in [0.2, 0.25) is 0 Å². The lowest BCUT2D eigenvalue weighted by molar-refractivity contribution is 0.216. The van der Waals surface area contributed by atoms with Gasteiger partial charge in [-0.25, -0.2) is 0 Å². The molecule has 0 radical (unpaired) electrons. The molecule has 6 nitrogen and oxygen atoms in total. The van der Waals surface area contributed by atoms with Crippen LogP contribution in [0.4, 0.5) is 17.1 Å². The highest BCUT2D eigenvalue weighted by Crippen LogP contribution is 2.31. The molecule has 0 bridgehead atoms. The molecule has 1 aliphatic rings. The fourth-order valence-electron chi connectivity index (χ4n) is 4.65. The summed E-state index contributed by atoms with van der Waals surface area (Å²) in [7, 11) is 1.68. The van der Waals surface area contributed by atoms with Crippen LogP contribution < -0.4 is 15.0 Å². The second kappa shape index (κ2) is 10.8. The number of benzene rings is 3. The maximum absolute atomic E-state index is 9.05. The van der Waals surface area contributed by atoms with Crippen molar-refractivity contribution in [1.29, 1.82) is 0 Å². The van der Waals surface area contributed by atoms with Gasteiger partial charge in [-0.2, -0.15) is 0 Å². The van der Waals surface area contributed by atoms with Gasteiger partial charge in [-0.15, -0.1) is 0 Å². The zero-order valence-corrected chi connectivity index (χ0v) is 20.2. The molecule has 1 aromatic heterocycles. The SMILES string of the molecule is COc1ccc(-c2ccc3nccc(Nc4ccc(N5CCN(CCCO)CC5)cc4)c3c2)cc1. The number of hydrogen-bond acceptors (Lipinski definition) is 6. The maximum Gasteiger partial charge on any atom is 0.118 e. The van der Waals surface area contributed by atoms with Crippen molar-refractivity contribution < 1.29 is 9.84 Å². The summed E-state index contributed by atoms with van der Waals surface area (Å²) >= 11 is 0. The Morgan fingerprint density at radius 2 is 1.63 bits per heavy atom. The van der Waals surface area contributed by atoms with Crippen LogP contribution in [0.15, 0.2) is 79.0 Å². The van der Waals surface area contributed by atoms with Gasteiger partial charge in [0.25, 0.3) is 0 Å². The molecule has 3 aromatic carbocycles. The van der Waals surface area contributed by atoms with Crippen LogP contribution in [0, 0.1) is 0 Å². The van der Waals surface area contributed by atoms with Crippen molar-refractivity contribution in [2.75, 3.05) is 56.7 Å². The first kappa shape index (κ1) is 23.1. The van der Waals surface area contributed by atoms with E-state index in [2.05, 4.69) is 74.7 Å². The Hall–Kier alpha value is -3.61. The number of rotatable bonds is 8. The first-order valence-corrected chi connectivity index (χ1v) is 12.2. The molecule has 6 heteroatoms. The van der Waals surface area contributed by atoms with Gasteiger partial charge in [0.05, 0.1) is 12.6 Å². The van der Waals surface area contributed by atoms with Crippen LogP contribution in [-0.2, 0) is 0 Å². The Morgan fingerprint density at radius 1 is 0.886 bits per heavy atom. The van der Waals surface area contributed by atoms with Crippen molar-refractivity contribution in [3.8, 4) is 16.9 Å². The molecule has 4 aromatic rings. The van der Waals surface area contributed by atoms with Crippen molar-refractivity contribution in [2.24, 2.45) is 0 Å². The molecule has 1 saturated heterocycles. The zero-order chi connectivity index (χ0) is 24.0. The molecule has 2 heterocycles. The Morgan fingerprint density at radius 3 is 2.34 bits per heavy atom. The monoisotopic (exact) mass is 468 g/mol. The van der Waals surface area contributed by atoms with Gasteiger partial charge in [-0.05, 0) is 72.1 Å². The van der Waals surface area contributed by atoms with Gasteiger partial charge < -0.3 is 20.1 Å². The second-order valence-electron chi connectivity index (χ2n) is 8.90. The molecule has 0 atom stereocenters. The third-order valence-electron chi connectivity index (χ3n) is 6.68. The molecule has 1 aliphatic heterocycles. The number of ether oxygens (including phenoxy) is 1. The fraction of sp³-hybridized carbons (Fsp3) is 0.276. The van der Waals surface area contributed by atoms with Crippen LogP contribution in [0.25, 0.3) is 22.0 Å². The van der Waals surface area contributed by atoms with E-state index < -0.39 is 0 Å². The number of nitrogens with one attached hydrogen (secondary N) is 1. The van der Waals surface area contributed by atoms with E-state index in [0.717, 1.165) is 78.3 Å². The van der Waals surface area contributed by atoms with Gasteiger partial charge in [0.15, 0.2) is 0 Å². The first-order valence-electron chi connectivity index (χ1n) is 12.2. The lowest BCUT2D eigenvalue weighted by atomic mass is 10.0. The summed E-state index contributed by atoms with van der Waals surface area (Å²) in [5.41, 5.74) is 6.59. The molecule has 2 N–H and O–H groups in total. The fourth-order valence-corrected chi connectivity index (χ4v) is 4.65. The highest BCUT2D eigenvalue weighted by molar-refractivity contribution is 5.95. The number of nitrogens with zero attached hydrogens (tertiary/aromatic N) is 3. The Bertz CT molecular complexity index is 1250. The summed E-state index contributed by atoms with van der Waals surface area (Å²) in [6.45, 7) is 5.36. The molecule has 1 fully saturated rings. The predicted molar refractivity (Wildman–Crippen MR) is 144 cm³/mol. The van der Waals surface area contributed by atoms with Gasteiger partial charge >= 0.3 is 0 Å². The number of aliphatic hydroxyl groups excluding tert-OH is 1. The molecule has 0 amide bonds. The Labute approximate surface area is 206 Å². The highest BCUT2D eigenvalue weighted by atomic mass is 16.5. The highest BCUT2D eigenvalue weighted by Gasteiger charge is 2.16. The Kier molecular flexibility index (Phi) is 7.12. The molecule has 0 unspecified atom stereocenters. The number of fused-ring (bicyclic) bond motifs is 1. The molecule has 180 valence electrons. The summed E-state index contributed by atoms with van der Waals surface area (Å²) < 4.78 is 5.29. The van der Waals surface area contributed by atoms with Crippen molar-refractivity contribution >= 4 is 28.0 Å². The smallest absolute Gasteiger partial charge is 0.118 e. The van der Waals surface area contributed by atoms with Crippen LogP contribution >= 0.6 is 0 Å². The molecule has 0 aliphatic carbocycles. The van der Waals surface area contributed by atoms with Crippen molar-refractivity contribution in [3.05, 3.63) is 79.0 Å². The van der Waals surface area contributed by atoms with E-state index in [1.165, 1.54) is 5.69 Å². The van der Waals surface area contributed by atoms with E-state index >= 15 is 0 Å². The largest absolute Gasteiger partial charge is 0.497 e. The lowest BCUT2D eigenvalue weighted by Gasteiger charge is -2.36. The van der Waals surface area contributed by atoms with Crippen LogP contribution in [0.1, 0.15) is 6.42 Å². The summed E-state index contributed by atoms with van der Waals surface area (Å²) in [6.07, 6.45) is 2.70. The average molecular weight is 469 g/mol. The minimum Gasteiger partial charge on any atom is -0.497 e. The summed E-state index contributed by atoms with van der Waals surface area (Å²) in [5, 5.41) is 13.7. The number of methoxy groups -OCH3 is 1. The van der Waals surface area contributed by atoms with Crippen molar-refractivity contribution in [1.82, 2.24) is 9.88 Å². The first-order chi connectivity index (χ1) is 17.2. The average Bonchev–Trinajstić information content (AvgIpc) is 2.93. The number of anilines is 3. The van der Waals surface area contributed by atoms with Gasteiger partial charge in [-0.3, -0.25) is 9.88 Å². The van der Waals surface area contributed by atoms with Crippen LogP contribution in [0.5, 0.6) is 5.75 Å². The van der Waals surface area contributed by atoms with Crippen LogP contribution in [0.3, 0.4) is 0 Å². The topological polar surface area (TPSA) is 60.9 Å². The molecule has 5 rings (SSSR count). The second-order valence-corrected chi connectivity index (χ2v) is 8.90. The molecule has 0 spiro atoms. The molecule has 35 heavy (non-hydrogen) atoms. The van der Waals surface area contributed by atoms with Gasteiger partial charge in [0.2, 0.25) is 0 Å². The lowest BCUT2D eigenvalue weighted by Crippen LogP contribution is -2.46. The van der Waals surface area contributed by atoms with Crippen LogP contribution in [-0.4, -0.2) is 61.4 Å². The quantitative estimate of drug-likeness (QED) is 0.373. The molecular formula is C29H32N4O2. The zero-order valence-electron chi connectivity index (χ0n) is 20.2. The third kappa shape index (κ3) is 5.39. The van der Waals surface area contributed by atoms with Gasteiger partial charge in [0.1, 0.15) is 5.75 Å². The third-order valence-corrected chi connectivity index (χ3v) is 6.68. The van der Waals surface area contributed by atoms with Crippen molar-refractivity contribution in [3.63, 3.8) is 0 Å². The summed E-state index contributed by atoms with van der Waals surface area (Å²) in [4.78, 5) is 9.42. The standard InChI is InChI=1S/C29H32N4O2/c1-35-26-10-3-22(4-11-26)23-5-12-28-27(21-23)29(13-14-30-28)31-24-6-8-25(9-7-24)33-18-16-32(17-19-33)15-2-20-34/h3-14,21,34H,2,15-20H2,1H3,(H,30,31). The number of hydrogen-bond donors (Lipinski definition) is 2. The molecular weight excluding hydrogens is 436 g/mol. The summed E-state index contributed by atoms with van der Waals surface area (Å²) in [6, 6.07) is 25.2. The van der Waals surface area contributed by atoms with E-state index in [1.54, 1.807) is 7.11 Å². The minimum absolute atomic E-state index is 0.268. The maximum atomic E-state index is 9.05. The van der Waals surface area contributed by atoms with E-state index in [-0.39, 0.29) is 6.61 Å². The van der Waals surface area contributed by atoms with E-state index in [0.29, 0.717) is 0 Å².